The Labute approximate surface area is 116 Å². The SMILES string of the molecule is O=C1c2ccccc2C(=O)N1CN1CCC(O)(CO)C1. The first-order valence-corrected chi connectivity index (χ1v) is 6.55. The number of fused-ring (bicyclic) bond motifs is 1. The largest absolute Gasteiger partial charge is 0.393 e. The van der Waals surface area contributed by atoms with Crippen molar-refractivity contribution in [3.63, 3.8) is 0 Å². The maximum absolute atomic E-state index is 12.2. The average molecular weight is 276 g/mol. The number of aliphatic hydroxyl groups excluding tert-OH is 1. The van der Waals surface area contributed by atoms with Crippen molar-refractivity contribution in [2.45, 2.75) is 12.0 Å². The van der Waals surface area contributed by atoms with Crippen LogP contribution in [0.5, 0.6) is 0 Å². The number of imide groups is 1. The molecule has 1 aromatic rings. The third-order valence-electron chi connectivity index (χ3n) is 3.93. The Kier molecular flexibility index (Phi) is 3.08. The molecule has 1 unspecified atom stereocenters. The van der Waals surface area contributed by atoms with Gasteiger partial charge in [-0.25, -0.2) is 0 Å². The molecule has 20 heavy (non-hydrogen) atoms. The van der Waals surface area contributed by atoms with Gasteiger partial charge in [0.2, 0.25) is 0 Å². The number of carbonyl (C=O) groups is 2. The fraction of sp³-hybridized carbons (Fsp3) is 0.429. The summed E-state index contributed by atoms with van der Waals surface area (Å²) in [5.41, 5.74) is -0.276. The molecule has 2 amide bonds. The summed E-state index contributed by atoms with van der Waals surface area (Å²) < 4.78 is 0. The lowest BCUT2D eigenvalue weighted by Gasteiger charge is -2.24. The highest BCUT2D eigenvalue weighted by atomic mass is 16.3. The molecule has 0 radical (unpaired) electrons. The van der Waals surface area contributed by atoms with E-state index in [1.54, 1.807) is 29.2 Å². The highest BCUT2D eigenvalue weighted by molar-refractivity contribution is 6.21. The molecule has 1 fully saturated rings. The van der Waals surface area contributed by atoms with E-state index >= 15 is 0 Å². The Morgan fingerprint density at radius 1 is 1.15 bits per heavy atom. The van der Waals surface area contributed by atoms with E-state index in [-0.39, 0.29) is 31.6 Å². The number of carbonyl (C=O) groups excluding carboxylic acids is 2. The number of likely N-dealkylation sites (tertiary alicyclic amines) is 1. The molecule has 2 aliphatic rings. The van der Waals surface area contributed by atoms with Crippen molar-refractivity contribution >= 4 is 11.8 Å². The number of hydrogen-bond acceptors (Lipinski definition) is 5. The molecule has 2 N–H and O–H groups in total. The minimum atomic E-state index is -1.13. The van der Waals surface area contributed by atoms with E-state index in [1.165, 1.54) is 4.90 Å². The van der Waals surface area contributed by atoms with E-state index in [9.17, 15) is 14.7 Å². The topological polar surface area (TPSA) is 81.1 Å². The number of β-amino-alcohol motifs (C(OH)–C–C–N with tert-alkyl or cyclic N) is 1. The Morgan fingerprint density at radius 3 is 2.25 bits per heavy atom. The van der Waals surface area contributed by atoms with Gasteiger partial charge in [-0.3, -0.25) is 19.4 Å². The molecule has 1 aromatic carbocycles. The first-order valence-electron chi connectivity index (χ1n) is 6.55. The van der Waals surface area contributed by atoms with Gasteiger partial charge in [-0.15, -0.1) is 0 Å². The van der Waals surface area contributed by atoms with Crippen LogP contribution in [0.4, 0.5) is 0 Å². The van der Waals surface area contributed by atoms with Gasteiger partial charge in [-0.05, 0) is 18.6 Å². The van der Waals surface area contributed by atoms with Crippen molar-refractivity contribution in [2.24, 2.45) is 0 Å². The first-order chi connectivity index (χ1) is 9.54. The maximum atomic E-state index is 12.2. The van der Waals surface area contributed by atoms with E-state index in [1.807, 2.05) is 0 Å². The molecule has 0 spiro atoms. The number of benzene rings is 1. The molecule has 6 heteroatoms. The minimum absolute atomic E-state index is 0.147. The minimum Gasteiger partial charge on any atom is -0.393 e. The number of amides is 2. The molecule has 0 aromatic heterocycles. The maximum Gasteiger partial charge on any atom is 0.262 e. The van der Waals surface area contributed by atoms with Gasteiger partial charge in [-0.2, -0.15) is 0 Å². The second kappa shape index (κ2) is 4.66. The summed E-state index contributed by atoms with van der Waals surface area (Å²) in [6.45, 7) is 0.641. The Morgan fingerprint density at radius 2 is 1.75 bits per heavy atom. The first kappa shape index (κ1) is 13.2. The molecular formula is C14H16N2O4. The standard InChI is InChI=1S/C14H16N2O4/c17-8-14(20)5-6-15(7-14)9-16-12(18)10-3-1-2-4-11(10)13(16)19/h1-4,17,20H,5-9H2. The van der Waals surface area contributed by atoms with Crippen molar-refractivity contribution in [1.82, 2.24) is 9.80 Å². The van der Waals surface area contributed by atoms with E-state index in [2.05, 4.69) is 0 Å². The van der Waals surface area contributed by atoms with Crippen molar-refractivity contribution < 1.29 is 19.8 Å². The molecule has 1 atom stereocenters. The molecule has 0 bridgehead atoms. The quantitative estimate of drug-likeness (QED) is 0.739. The summed E-state index contributed by atoms with van der Waals surface area (Å²) in [5, 5.41) is 19.1. The zero-order valence-corrected chi connectivity index (χ0v) is 11.0. The fourth-order valence-electron chi connectivity index (χ4n) is 2.76. The van der Waals surface area contributed by atoms with Crippen LogP contribution in [0.2, 0.25) is 0 Å². The number of rotatable bonds is 3. The van der Waals surface area contributed by atoms with E-state index in [4.69, 9.17) is 5.11 Å². The van der Waals surface area contributed by atoms with Gasteiger partial charge < -0.3 is 10.2 Å². The van der Waals surface area contributed by atoms with Crippen molar-refractivity contribution in [3.8, 4) is 0 Å². The fourth-order valence-corrected chi connectivity index (χ4v) is 2.76. The summed E-state index contributed by atoms with van der Waals surface area (Å²) in [6, 6.07) is 6.75. The normalized spacial score (nSPS) is 26.4. The second-order valence-electron chi connectivity index (χ2n) is 5.41. The molecular weight excluding hydrogens is 260 g/mol. The van der Waals surface area contributed by atoms with Crippen LogP contribution in [-0.2, 0) is 0 Å². The predicted octanol–water partition coefficient (Wildman–Crippen LogP) is -0.331. The molecule has 0 saturated carbocycles. The summed E-state index contributed by atoms with van der Waals surface area (Å²) in [4.78, 5) is 27.4. The molecule has 3 rings (SSSR count). The second-order valence-corrected chi connectivity index (χ2v) is 5.41. The zero-order chi connectivity index (χ0) is 14.3. The number of nitrogens with zero attached hydrogens (tertiary/aromatic N) is 2. The van der Waals surface area contributed by atoms with Gasteiger partial charge in [0.1, 0.15) is 5.60 Å². The van der Waals surface area contributed by atoms with E-state index < -0.39 is 5.60 Å². The Hall–Kier alpha value is -1.76. The van der Waals surface area contributed by atoms with Crippen LogP contribution in [0.1, 0.15) is 27.1 Å². The van der Waals surface area contributed by atoms with Gasteiger partial charge in [0.25, 0.3) is 11.8 Å². The van der Waals surface area contributed by atoms with Crippen LogP contribution in [0.15, 0.2) is 24.3 Å². The van der Waals surface area contributed by atoms with Crippen LogP contribution >= 0.6 is 0 Å². The van der Waals surface area contributed by atoms with E-state index in [0.29, 0.717) is 24.1 Å². The summed E-state index contributed by atoms with van der Waals surface area (Å²) >= 11 is 0. The summed E-state index contributed by atoms with van der Waals surface area (Å²) in [5.74, 6) is -0.602. The van der Waals surface area contributed by atoms with Gasteiger partial charge >= 0.3 is 0 Å². The summed E-state index contributed by atoms with van der Waals surface area (Å²) in [6.07, 6.45) is 0.437. The van der Waals surface area contributed by atoms with Crippen molar-refractivity contribution in [3.05, 3.63) is 35.4 Å². The van der Waals surface area contributed by atoms with Gasteiger partial charge in [0, 0.05) is 13.1 Å². The van der Waals surface area contributed by atoms with Crippen molar-refractivity contribution in [2.75, 3.05) is 26.4 Å². The number of aliphatic hydroxyl groups is 2. The lowest BCUT2D eigenvalue weighted by atomic mass is 10.1. The van der Waals surface area contributed by atoms with Crippen LogP contribution in [0.25, 0.3) is 0 Å². The lowest BCUT2D eigenvalue weighted by molar-refractivity contribution is -0.00846. The van der Waals surface area contributed by atoms with Gasteiger partial charge in [0.15, 0.2) is 0 Å². The third kappa shape index (κ3) is 2.02. The molecule has 2 aliphatic heterocycles. The highest BCUT2D eigenvalue weighted by Gasteiger charge is 2.40. The Balaban J connectivity index is 1.75. The number of hydrogen-bond donors (Lipinski definition) is 2. The Bertz CT molecular complexity index is 539. The van der Waals surface area contributed by atoms with Gasteiger partial charge in [0.05, 0.1) is 24.4 Å². The van der Waals surface area contributed by atoms with Crippen LogP contribution in [0, 0.1) is 0 Å². The monoisotopic (exact) mass is 276 g/mol. The summed E-state index contributed by atoms with van der Waals surface area (Å²) in [7, 11) is 0. The molecule has 2 heterocycles. The highest BCUT2D eigenvalue weighted by Crippen LogP contribution is 2.25. The van der Waals surface area contributed by atoms with Crippen LogP contribution < -0.4 is 0 Å². The third-order valence-corrected chi connectivity index (χ3v) is 3.93. The van der Waals surface area contributed by atoms with Crippen LogP contribution in [0.3, 0.4) is 0 Å². The molecule has 106 valence electrons. The average Bonchev–Trinajstić information content (AvgIpc) is 2.95. The lowest BCUT2D eigenvalue weighted by Crippen LogP contribution is -2.43. The van der Waals surface area contributed by atoms with E-state index in [0.717, 1.165) is 0 Å². The zero-order valence-electron chi connectivity index (χ0n) is 11.0. The van der Waals surface area contributed by atoms with Crippen LogP contribution in [-0.4, -0.2) is 63.8 Å². The molecule has 0 aliphatic carbocycles. The molecule has 1 saturated heterocycles. The molecule has 6 nitrogen and oxygen atoms in total. The van der Waals surface area contributed by atoms with Gasteiger partial charge in [-0.1, -0.05) is 12.1 Å². The van der Waals surface area contributed by atoms with Crippen molar-refractivity contribution in [1.29, 1.82) is 0 Å². The smallest absolute Gasteiger partial charge is 0.262 e. The predicted molar refractivity (Wildman–Crippen MR) is 70.0 cm³/mol.